The van der Waals surface area contributed by atoms with Gasteiger partial charge in [-0.2, -0.15) is 0 Å². The van der Waals surface area contributed by atoms with E-state index in [1.807, 2.05) is 0 Å². The molecule has 74 valence electrons. The summed E-state index contributed by atoms with van der Waals surface area (Å²) in [5.41, 5.74) is 1.67. The van der Waals surface area contributed by atoms with Crippen LogP contribution in [0.1, 0.15) is 32.6 Å². The molecular weight excluding hydrogens is 160 g/mol. The van der Waals surface area contributed by atoms with E-state index >= 15 is 0 Å². The minimum Gasteiger partial charge on any atom is -0.374 e. The molecule has 2 heterocycles. The van der Waals surface area contributed by atoms with Crippen molar-refractivity contribution < 1.29 is 0 Å². The molecule has 2 aliphatic heterocycles. The zero-order valence-electron chi connectivity index (χ0n) is 8.60. The summed E-state index contributed by atoms with van der Waals surface area (Å²) in [5, 5.41) is 3.67. The zero-order valence-corrected chi connectivity index (χ0v) is 8.60. The Morgan fingerprint density at radius 3 is 2.77 bits per heavy atom. The topological polar surface area (TPSA) is 15.3 Å². The van der Waals surface area contributed by atoms with E-state index in [2.05, 4.69) is 23.7 Å². The first-order valence-electron chi connectivity index (χ1n) is 5.37. The van der Waals surface area contributed by atoms with E-state index in [1.54, 1.807) is 0 Å². The lowest BCUT2D eigenvalue weighted by molar-refractivity contribution is 0.168. The van der Waals surface area contributed by atoms with Gasteiger partial charge in [-0.3, -0.25) is 0 Å². The van der Waals surface area contributed by atoms with E-state index in [-0.39, 0.29) is 0 Å². The number of nitrogens with one attached hydrogen (secondary N) is 1. The Hall–Kier alpha value is -0.500. The minimum absolute atomic E-state index is 0.442. The van der Waals surface area contributed by atoms with Gasteiger partial charge in [-0.15, -0.1) is 0 Å². The molecule has 1 N–H and O–H groups in total. The molecule has 1 unspecified atom stereocenters. The molecule has 2 heteroatoms. The summed E-state index contributed by atoms with van der Waals surface area (Å²) in [6.45, 7) is 9.75. The van der Waals surface area contributed by atoms with Crippen molar-refractivity contribution in [3.63, 3.8) is 0 Å². The maximum Gasteiger partial charge on any atom is 0.0358 e. The fraction of sp³-hybridized carbons (Fsp3) is 0.818. The monoisotopic (exact) mass is 180 g/mol. The van der Waals surface area contributed by atoms with Crippen LogP contribution in [0.25, 0.3) is 0 Å². The average molecular weight is 180 g/mol. The lowest BCUT2D eigenvalue weighted by Crippen LogP contribution is -2.53. The Morgan fingerprint density at radius 2 is 2.15 bits per heavy atom. The smallest absolute Gasteiger partial charge is 0.0358 e. The largest absolute Gasteiger partial charge is 0.374 e. The number of allylic oxidation sites excluding steroid dienone is 1. The molecule has 2 rings (SSSR count). The second-order valence-electron chi connectivity index (χ2n) is 4.57. The summed E-state index contributed by atoms with van der Waals surface area (Å²) < 4.78 is 0. The predicted octanol–water partition coefficient (Wildman–Crippen LogP) is 1.74. The molecule has 2 nitrogen and oxygen atoms in total. The van der Waals surface area contributed by atoms with Gasteiger partial charge in [0.2, 0.25) is 0 Å². The Bertz CT molecular complexity index is 204. The quantitative estimate of drug-likeness (QED) is 0.661. The summed E-state index contributed by atoms with van der Waals surface area (Å²) in [6.07, 6.45) is 5.39. The van der Waals surface area contributed by atoms with Gasteiger partial charge < -0.3 is 10.2 Å². The van der Waals surface area contributed by atoms with E-state index in [9.17, 15) is 0 Å². The zero-order chi connectivity index (χ0) is 9.31. The molecule has 0 aromatic carbocycles. The van der Waals surface area contributed by atoms with Crippen LogP contribution in [0.15, 0.2) is 12.3 Å². The van der Waals surface area contributed by atoms with E-state index < -0.39 is 0 Å². The predicted molar refractivity (Wildman–Crippen MR) is 55.6 cm³/mol. The number of nitrogens with zero attached hydrogens (tertiary/aromatic N) is 1. The molecule has 2 saturated heterocycles. The summed E-state index contributed by atoms with van der Waals surface area (Å²) in [7, 11) is 0. The molecule has 13 heavy (non-hydrogen) atoms. The molecule has 1 spiro atoms. The van der Waals surface area contributed by atoms with Crippen LogP contribution in [0.3, 0.4) is 0 Å². The Labute approximate surface area is 81.0 Å². The van der Waals surface area contributed by atoms with E-state index in [0.29, 0.717) is 5.54 Å². The summed E-state index contributed by atoms with van der Waals surface area (Å²) >= 11 is 0. The van der Waals surface area contributed by atoms with Gasteiger partial charge in [-0.25, -0.2) is 0 Å². The van der Waals surface area contributed by atoms with Gasteiger partial charge in [0, 0.05) is 24.3 Å². The summed E-state index contributed by atoms with van der Waals surface area (Å²) in [6, 6.07) is 0. The number of rotatable bonds is 1. The van der Waals surface area contributed by atoms with Gasteiger partial charge in [0.1, 0.15) is 0 Å². The second kappa shape index (κ2) is 3.33. The molecule has 0 aromatic heterocycles. The van der Waals surface area contributed by atoms with Crippen molar-refractivity contribution in [3.8, 4) is 0 Å². The van der Waals surface area contributed by atoms with Crippen LogP contribution in [-0.2, 0) is 0 Å². The van der Waals surface area contributed by atoms with Crippen molar-refractivity contribution >= 4 is 0 Å². The highest BCUT2D eigenvalue weighted by Crippen LogP contribution is 2.30. The third kappa shape index (κ3) is 1.73. The highest BCUT2D eigenvalue weighted by atomic mass is 15.2. The van der Waals surface area contributed by atoms with Crippen LogP contribution in [0.4, 0.5) is 0 Å². The van der Waals surface area contributed by atoms with Crippen molar-refractivity contribution in [1.82, 2.24) is 10.2 Å². The van der Waals surface area contributed by atoms with Gasteiger partial charge in [-0.1, -0.05) is 6.58 Å². The molecule has 0 amide bonds. The molecule has 0 aliphatic carbocycles. The first kappa shape index (κ1) is 9.07. The van der Waals surface area contributed by atoms with Crippen molar-refractivity contribution in [3.05, 3.63) is 12.3 Å². The van der Waals surface area contributed by atoms with Crippen LogP contribution in [0, 0.1) is 0 Å². The van der Waals surface area contributed by atoms with Crippen molar-refractivity contribution in [2.45, 2.75) is 38.1 Å². The molecule has 0 aromatic rings. The Kier molecular flexibility index (Phi) is 2.33. The van der Waals surface area contributed by atoms with Gasteiger partial charge in [0.25, 0.3) is 0 Å². The molecule has 2 fully saturated rings. The first-order valence-corrected chi connectivity index (χ1v) is 5.37. The van der Waals surface area contributed by atoms with Crippen LogP contribution in [-0.4, -0.2) is 30.1 Å². The summed E-state index contributed by atoms with van der Waals surface area (Å²) in [5.74, 6) is 0. The van der Waals surface area contributed by atoms with Crippen LogP contribution in [0.5, 0.6) is 0 Å². The average Bonchev–Trinajstić information content (AvgIpc) is 2.53. The normalized spacial score (nSPS) is 34.1. The SMILES string of the molecule is C=C(C)N1CCCC2(CCCN2)C1. The second-order valence-corrected chi connectivity index (χ2v) is 4.57. The molecule has 1 atom stereocenters. The standard InChI is InChI=1S/C11H20N2/c1-10(2)13-8-4-6-11(9-13)5-3-7-12-11/h12H,1,3-9H2,2H3. The van der Waals surface area contributed by atoms with Crippen molar-refractivity contribution in [2.75, 3.05) is 19.6 Å². The molecule has 2 aliphatic rings. The van der Waals surface area contributed by atoms with E-state index in [1.165, 1.54) is 51.0 Å². The molecule has 0 bridgehead atoms. The van der Waals surface area contributed by atoms with Crippen molar-refractivity contribution in [2.24, 2.45) is 0 Å². The van der Waals surface area contributed by atoms with E-state index in [0.717, 1.165) is 0 Å². The van der Waals surface area contributed by atoms with Crippen LogP contribution in [0.2, 0.25) is 0 Å². The number of hydrogen-bond donors (Lipinski definition) is 1. The highest BCUT2D eigenvalue weighted by molar-refractivity contribution is 5.03. The third-order valence-corrected chi connectivity index (χ3v) is 3.45. The van der Waals surface area contributed by atoms with Gasteiger partial charge in [0.05, 0.1) is 0 Å². The number of piperidine rings is 1. The van der Waals surface area contributed by atoms with Crippen LogP contribution >= 0.6 is 0 Å². The molecular formula is C11H20N2. The summed E-state index contributed by atoms with van der Waals surface area (Å²) in [4.78, 5) is 2.43. The Morgan fingerprint density at radius 1 is 1.38 bits per heavy atom. The maximum absolute atomic E-state index is 4.03. The van der Waals surface area contributed by atoms with Crippen molar-refractivity contribution in [1.29, 1.82) is 0 Å². The highest BCUT2D eigenvalue weighted by Gasteiger charge is 2.37. The number of hydrogen-bond acceptors (Lipinski definition) is 2. The lowest BCUT2D eigenvalue weighted by Gasteiger charge is -2.42. The Balaban J connectivity index is 2.02. The lowest BCUT2D eigenvalue weighted by atomic mass is 9.87. The number of likely N-dealkylation sites (tertiary alicyclic amines) is 1. The fourth-order valence-electron chi connectivity index (χ4n) is 2.67. The van der Waals surface area contributed by atoms with Crippen LogP contribution < -0.4 is 5.32 Å². The maximum atomic E-state index is 4.03. The van der Waals surface area contributed by atoms with Gasteiger partial charge in [-0.05, 0) is 39.2 Å². The minimum atomic E-state index is 0.442. The third-order valence-electron chi connectivity index (χ3n) is 3.45. The van der Waals surface area contributed by atoms with Gasteiger partial charge in [0.15, 0.2) is 0 Å². The molecule has 0 saturated carbocycles. The van der Waals surface area contributed by atoms with E-state index in [4.69, 9.17) is 0 Å². The molecule has 0 radical (unpaired) electrons. The van der Waals surface area contributed by atoms with Gasteiger partial charge >= 0.3 is 0 Å². The first-order chi connectivity index (χ1) is 6.22. The fourth-order valence-corrected chi connectivity index (χ4v) is 2.67.